The summed E-state index contributed by atoms with van der Waals surface area (Å²) in [4.78, 5) is 35.0. The molecule has 1 heterocycles. The number of ketones is 2. The van der Waals surface area contributed by atoms with Gasteiger partial charge >= 0.3 is 6.09 Å². The molecule has 0 fully saturated rings. The zero-order valence-corrected chi connectivity index (χ0v) is 11.6. The molecule has 0 spiro atoms. The van der Waals surface area contributed by atoms with E-state index in [1.54, 1.807) is 0 Å². The van der Waals surface area contributed by atoms with Crippen LogP contribution in [-0.4, -0.2) is 47.3 Å². The average Bonchev–Trinajstić information content (AvgIpc) is 2.93. The molecule has 1 aromatic heterocycles. The van der Waals surface area contributed by atoms with Crippen molar-refractivity contribution in [3.8, 4) is 0 Å². The molecule has 1 aromatic rings. The molecule has 1 amide bonds. The minimum absolute atomic E-state index is 0.195. The largest absolute Gasteiger partial charge is 0.453 e. The van der Waals surface area contributed by atoms with Gasteiger partial charge in [-0.1, -0.05) is 0 Å². The summed E-state index contributed by atoms with van der Waals surface area (Å²) in [6.45, 7) is 0.450. The zero-order valence-electron chi connectivity index (χ0n) is 10.8. The number of thioether (sulfide) groups is 1. The zero-order chi connectivity index (χ0) is 14.5. The number of rotatable bonds is 5. The highest BCUT2D eigenvalue weighted by Gasteiger charge is 2.27. The van der Waals surface area contributed by atoms with Gasteiger partial charge in [-0.25, -0.2) is 4.79 Å². The number of hydrogen-bond donors (Lipinski definition) is 2. The van der Waals surface area contributed by atoms with E-state index in [1.165, 1.54) is 31.1 Å². The van der Waals surface area contributed by atoms with Gasteiger partial charge in [-0.3, -0.25) is 14.7 Å². The van der Waals surface area contributed by atoms with Crippen LogP contribution in [0.1, 0.15) is 27.3 Å². The first-order valence-electron chi connectivity index (χ1n) is 5.92. The number of nitrogens with one attached hydrogen (secondary N) is 2. The van der Waals surface area contributed by atoms with E-state index in [4.69, 9.17) is 0 Å². The quantitative estimate of drug-likeness (QED) is 0.790. The number of nitrogens with zero attached hydrogens (tertiary/aromatic N) is 1. The Morgan fingerprint density at radius 1 is 1.50 bits per heavy atom. The number of alkyl carbamates (subject to hydrolysis) is 1. The second kappa shape index (κ2) is 6.38. The van der Waals surface area contributed by atoms with Crippen LogP contribution in [0.5, 0.6) is 0 Å². The Labute approximate surface area is 119 Å². The Hall–Kier alpha value is -2.09. The number of amides is 1. The molecule has 8 heteroatoms. The summed E-state index contributed by atoms with van der Waals surface area (Å²) in [6, 6.07) is 0. The predicted molar refractivity (Wildman–Crippen MR) is 72.8 cm³/mol. The lowest BCUT2D eigenvalue weighted by Gasteiger charge is -2.10. The van der Waals surface area contributed by atoms with Gasteiger partial charge in [0.25, 0.3) is 0 Å². The fourth-order valence-electron chi connectivity index (χ4n) is 1.66. The van der Waals surface area contributed by atoms with Crippen molar-refractivity contribution >= 4 is 29.4 Å². The van der Waals surface area contributed by atoms with Crippen LogP contribution in [0.3, 0.4) is 0 Å². The number of fused-ring (bicyclic) bond motifs is 1. The summed E-state index contributed by atoms with van der Waals surface area (Å²) in [5.74, 6) is 0.175. The number of carbonyl (C=O) groups excluding carboxylic acids is 3. The van der Waals surface area contributed by atoms with Crippen LogP contribution in [0.15, 0.2) is 17.2 Å². The number of Topliss-reactive ketones (excluding diaryl/α,β-unsaturated/α-hetero) is 1. The van der Waals surface area contributed by atoms with Crippen molar-refractivity contribution in [2.45, 2.75) is 6.42 Å². The van der Waals surface area contributed by atoms with E-state index in [9.17, 15) is 14.4 Å². The van der Waals surface area contributed by atoms with Crippen LogP contribution >= 0.6 is 11.8 Å². The third-order valence-corrected chi connectivity index (χ3v) is 3.76. The van der Waals surface area contributed by atoms with Gasteiger partial charge in [-0.05, 0) is 12.2 Å². The van der Waals surface area contributed by atoms with Crippen molar-refractivity contribution in [3.05, 3.63) is 28.4 Å². The molecule has 7 nitrogen and oxygen atoms in total. The molecule has 0 atom stereocenters. The van der Waals surface area contributed by atoms with E-state index < -0.39 is 6.09 Å². The summed E-state index contributed by atoms with van der Waals surface area (Å²) >= 11 is 1.29. The standard InChI is InChI=1S/C12H13N3O4S/c1-19-12(18)13-3-2-4-20-9-5-8(16)10-7(11(9)17)6-14-15-10/h5-6H,2-4H2,1H3,(H,13,18)(H,14,15). The molecule has 0 radical (unpaired) electrons. The van der Waals surface area contributed by atoms with Gasteiger partial charge in [0.05, 0.1) is 23.8 Å². The number of H-pyrrole nitrogens is 1. The molecule has 0 saturated heterocycles. The van der Waals surface area contributed by atoms with E-state index in [0.717, 1.165) is 0 Å². The van der Waals surface area contributed by atoms with Crippen molar-refractivity contribution in [1.29, 1.82) is 0 Å². The number of hydrogen-bond acceptors (Lipinski definition) is 6. The SMILES string of the molecule is COC(=O)NCCCSC1=CC(=O)c2[nH]ncc2C1=O. The van der Waals surface area contributed by atoms with E-state index in [2.05, 4.69) is 20.3 Å². The Morgan fingerprint density at radius 2 is 2.30 bits per heavy atom. The average molecular weight is 295 g/mol. The molecule has 2 N–H and O–H groups in total. The summed E-state index contributed by atoms with van der Waals surface area (Å²) < 4.78 is 4.43. The Morgan fingerprint density at radius 3 is 3.05 bits per heavy atom. The normalized spacial score (nSPS) is 13.8. The molecule has 106 valence electrons. The minimum Gasteiger partial charge on any atom is -0.453 e. The Bertz CT molecular complexity index is 579. The molecular weight excluding hydrogens is 282 g/mol. The van der Waals surface area contributed by atoms with E-state index >= 15 is 0 Å². The van der Waals surface area contributed by atoms with Gasteiger partial charge in [-0.15, -0.1) is 11.8 Å². The lowest BCUT2D eigenvalue weighted by molar-refractivity contribution is 0.0989. The fourth-order valence-corrected chi connectivity index (χ4v) is 2.60. The Balaban J connectivity index is 1.84. The number of aromatic amines is 1. The summed E-state index contributed by atoms with van der Waals surface area (Å²) in [7, 11) is 1.30. The summed E-state index contributed by atoms with van der Waals surface area (Å²) in [5, 5.41) is 8.77. The third-order valence-electron chi connectivity index (χ3n) is 2.65. The maximum absolute atomic E-state index is 12.1. The molecular formula is C12H13N3O4S. The number of allylic oxidation sites excluding steroid dienone is 2. The number of methoxy groups -OCH3 is 1. The number of aromatic nitrogens is 2. The van der Waals surface area contributed by atoms with Gasteiger partial charge in [0.1, 0.15) is 5.69 Å². The van der Waals surface area contributed by atoms with Crippen LogP contribution in [0, 0.1) is 0 Å². The summed E-state index contributed by atoms with van der Waals surface area (Å²) in [5.41, 5.74) is 0.555. The van der Waals surface area contributed by atoms with Crippen LogP contribution in [0.4, 0.5) is 4.79 Å². The second-order valence-corrected chi connectivity index (χ2v) is 5.12. The van der Waals surface area contributed by atoms with Crippen molar-refractivity contribution in [3.63, 3.8) is 0 Å². The predicted octanol–water partition coefficient (Wildman–Crippen LogP) is 1.15. The molecule has 1 aliphatic rings. The molecule has 0 bridgehead atoms. The number of ether oxygens (including phenoxy) is 1. The molecule has 2 rings (SSSR count). The highest BCUT2D eigenvalue weighted by atomic mass is 32.2. The smallest absolute Gasteiger partial charge is 0.406 e. The molecule has 0 saturated carbocycles. The second-order valence-electron chi connectivity index (χ2n) is 3.98. The van der Waals surface area contributed by atoms with Gasteiger partial charge < -0.3 is 10.1 Å². The molecule has 0 aliphatic heterocycles. The minimum atomic E-state index is -0.485. The highest BCUT2D eigenvalue weighted by Crippen LogP contribution is 2.27. The maximum atomic E-state index is 12.1. The van der Waals surface area contributed by atoms with Crippen molar-refractivity contribution in [2.75, 3.05) is 19.4 Å². The maximum Gasteiger partial charge on any atom is 0.406 e. The lowest BCUT2D eigenvalue weighted by Crippen LogP contribution is -2.24. The molecule has 20 heavy (non-hydrogen) atoms. The topological polar surface area (TPSA) is 101 Å². The first-order valence-corrected chi connectivity index (χ1v) is 6.90. The first-order chi connectivity index (χ1) is 9.63. The molecule has 1 aliphatic carbocycles. The first kappa shape index (κ1) is 14.3. The monoisotopic (exact) mass is 295 g/mol. The van der Waals surface area contributed by atoms with E-state index in [0.29, 0.717) is 29.2 Å². The fraction of sp³-hybridized carbons (Fsp3) is 0.333. The van der Waals surface area contributed by atoms with Crippen LogP contribution in [0.2, 0.25) is 0 Å². The van der Waals surface area contributed by atoms with Crippen molar-refractivity contribution in [1.82, 2.24) is 15.5 Å². The van der Waals surface area contributed by atoms with Crippen molar-refractivity contribution in [2.24, 2.45) is 0 Å². The molecule has 0 unspecified atom stereocenters. The van der Waals surface area contributed by atoms with Crippen molar-refractivity contribution < 1.29 is 19.1 Å². The van der Waals surface area contributed by atoms with Crippen LogP contribution < -0.4 is 5.32 Å². The van der Waals surface area contributed by atoms with Gasteiger partial charge in [0.2, 0.25) is 11.6 Å². The molecule has 0 aromatic carbocycles. The van der Waals surface area contributed by atoms with E-state index in [-0.39, 0.29) is 17.3 Å². The number of carbonyl (C=O) groups is 3. The van der Waals surface area contributed by atoms with Gasteiger partial charge in [0, 0.05) is 12.6 Å². The highest BCUT2D eigenvalue weighted by molar-refractivity contribution is 8.04. The Kier molecular flexibility index (Phi) is 4.57. The van der Waals surface area contributed by atoms with E-state index in [1.807, 2.05) is 0 Å². The van der Waals surface area contributed by atoms with Crippen LogP contribution in [0.25, 0.3) is 0 Å². The lowest BCUT2D eigenvalue weighted by atomic mass is 10.0. The summed E-state index contributed by atoms with van der Waals surface area (Å²) in [6.07, 6.45) is 2.86. The van der Waals surface area contributed by atoms with Gasteiger partial charge in [0.15, 0.2) is 0 Å². The van der Waals surface area contributed by atoms with Crippen LogP contribution in [-0.2, 0) is 4.74 Å². The van der Waals surface area contributed by atoms with Gasteiger partial charge in [-0.2, -0.15) is 5.10 Å². The third kappa shape index (κ3) is 3.08.